The summed E-state index contributed by atoms with van der Waals surface area (Å²) < 4.78 is 19.3. The monoisotopic (exact) mass is 529 g/mol. The van der Waals surface area contributed by atoms with Crippen molar-refractivity contribution in [3.63, 3.8) is 0 Å². The van der Waals surface area contributed by atoms with Gasteiger partial charge in [0, 0.05) is 5.39 Å². The average Bonchev–Trinajstić information content (AvgIpc) is 3.41. The van der Waals surface area contributed by atoms with Gasteiger partial charge < -0.3 is 13.9 Å². The van der Waals surface area contributed by atoms with E-state index < -0.39 is 0 Å². The highest BCUT2D eigenvalue weighted by atomic mass is 16.5. The molecule has 6 rings (SSSR count). The third-order valence-corrected chi connectivity index (χ3v) is 6.50. The Morgan fingerprint density at radius 2 is 1.70 bits per heavy atom. The van der Waals surface area contributed by atoms with Crippen LogP contribution < -0.4 is 15.0 Å². The van der Waals surface area contributed by atoms with Gasteiger partial charge in [-0.1, -0.05) is 60.2 Å². The molecule has 2 aromatic heterocycles. The van der Waals surface area contributed by atoms with E-state index in [1.165, 1.54) is 10.2 Å². The zero-order valence-electron chi connectivity index (χ0n) is 22.2. The van der Waals surface area contributed by atoms with Gasteiger partial charge >= 0.3 is 0 Å². The minimum absolute atomic E-state index is 0.291. The normalized spacial score (nSPS) is 11.4. The lowest BCUT2D eigenvalue weighted by atomic mass is 10.2. The van der Waals surface area contributed by atoms with E-state index in [1.807, 2.05) is 79.7 Å². The zero-order valence-corrected chi connectivity index (χ0v) is 22.2. The first-order valence-corrected chi connectivity index (χ1v) is 13.1. The van der Waals surface area contributed by atoms with Crippen LogP contribution in [0.15, 0.2) is 111 Å². The molecule has 7 nitrogen and oxygen atoms in total. The molecular formula is C33H27N3O4. The molecule has 0 aliphatic rings. The first-order chi connectivity index (χ1) is 19.6. The largest absolute Gasteiger partial charge is 0.490 e. The molecule has 4 aromatic carbocycles. The van der Waals surface area contributed by atoms with E-state index >= 15 is 0 Å². The Morgan fingerprint density at radius 1 is 0.900 bits per heavy atom. The van der Waals surface area contributed by atoms with Crippen molar-refractivity contribution in [2.24, 2.45) is 5.10 Å². The van der Waals surface area contributed by atoms with Crippen molar-refractivity contribution < 1.29 is 13.9 Å². The fourth-order valence-corrected chi connectivity index (χ4v) is 4.44. The molecule has 0 radical (unpaired) electrons. The van der Waals surface area contributed by atoms with Gasteiger partial charge in [-0.25, -0.2) is 4.98 Å². The van der Waals surface area contributed by atoms with E-state index in [4.69, 9.17) is 18.9 Å². The predicted molar refractivity (Wildman–Crippen MR) is 157 cm³/mol. The molecule has 0 fully saturated rings. The van der Waals surface area contributed by atoms with Gasteiger partial charge in [0.2, 0.25) is 5.82 Å². The summed E-state index contributed by atoms with van der Waals surface area (Å²) in [4.78, 5) is 18.3. The van der Waals surface area contributed by atoms with Crippen LogP contribution >= 0.6 is 0 Å². The summed E-state index contributed by atoms with van der Waals surface area (Å²) in [7, 11) is 0. The van der Waals surface area contributed by atoms with Gasteiger partial charge in [-0.3, -0.25) is 4.79 Å². The quantitative estimate of drug-likeness (QED) is 0.199. The second kappa shape index (κ2) is 10.9. The minimum atomic E-state index is -0.291. The van der Waals surface area contributed by atoms with Gasteiger partial charge in [-0.2, -0.15) is 9.78 Å². The van der Waals surface area contributed by atoms with Crippen molar-refractivity contribution >= 4 is 28.1 Å². The molecule has 198 valence electrons. The fourth-order valence-electron chi connectivity index (χ4n) is 4.44. The third-order valence-electron chi connectivity index (χ3n) is 6.50. The molecule has 40 heavy (non-hydrogen) atoms. The predicted octanol–water partition coefficient (Wildman–Crippen LogP) is 6.98. The summed E-state index contributed by atoms with van der Waals surface area (Å²) in [6.07, 6.45) is 1.61. The number of benzene rings is 4. The summed E-state index contributed by atoms with van der Waals surface area (Å²) >= 11 is 0. The molecule has 7 heteroatoms. The van der Waals surface area contributed by atoms with Crippen molar-refractivity contribution in [3.8, 4) is 23.1 Å². The number of furan rings is 1. The summed E-state index contributed by atoms with van der Waals surface area (Å²) in [6, 6.07) is 30.5. The van der Waals surface area contributed by atoms with Crippen molar-refractivity contribution in [1.82, 2.24) is 9.66 Å². The van der Waals surface area contributed by atoms with Gasteiger partial charge in [-0.15, -0.1) is 0 Å². The Balaban J connectivity index is 1.36. The summed E-state index contributed by atoms with van der Waals surface area (Å²) in [5, 5.41) is 5.95. The van der Waals surface area contributed by atoms with Crippen LogP contribution in [0, 0.1) is 6.92 Å². The molecule has 0 bridgehead atoms. The molecule has 0 N–H and O–H groups in total. The second-order valence-corrected chi connectivity index (χ2v) is 9.38. The highest BCUT2D eigenvalue weighted by Gasteiger charge is 2.16. The minimum Gasteiger partial charge on any atom is -0.490 e. The number of para-hydroxylation sites is 2. The van der Waals surface area contributed by atoms with Crippen LogP contribution in [-0.2, 0) is 6.61 Å². The maximum atomic E-state index is 13.5. The Hall–Kier alpha value is -5.17. The number of ether oxygens (including phenoxy) is 2. The van der Waals surface area contributed by atoms with Crippen LogP contribution in [0.5, 0.6) is 11.5 Å². The zero-order chi connectivity index (χ0) is 27.5. The lowest BCUT2D eigenvalue weighted by Gasteiger charge is -2.13. The summed E-state index contributed by atoms with van der Waals surface area (Å²) in [6.45, 7) is 4.88. The SMILES string of the molecule is CCOc1cc(C=Nn2c(-c3cc4ccccc4o3)nc3ccccc3c2=O)ccc1OCc1ccc(C)cc1. The van der Waals surface area contributed by atoms with Crippen molar-refractivity contribution in [2.75, 3.05) is 6.61 Å². The number of aromatic nitrogens is 2. The van der Waals surface area contributed by atoms with Crippen LogP contribution in [0.25, 0.3) is 33.5 Å². The molecule has 0 spiro atoms. The number of rotatable bonds is 8. The Bertz CT molecular complexity index is 1870. The standard InChI is InChI=1S/C33H27N3O4/c1-3-38-30-18-24(16-17-29(30)39-21-23-14-12-22(2)13-15-23)20-34-36-32(31-19-25-8-4-7-11-28(25)40-31)35-27-10-6-5-9-26(27)33(36)37/h4-20H,3,21H2,1-2H3. The smallest absolute Gasteiger partial charge is 0.282 e. The van der Waals surface area contributed by atoms with E-state index in [2.05, 4.69) is 24.2 Å². The Morgan fingerprint density at radius 3 is 2.52 bits per heavy atom. The van der Waals surface area contributed by atoms with Crippen LogP contribution in [0.4, 0.5) is 0 Å². The molecule has 0 saturated heterocycles. The molecule has 0 atom stereocenters. The Kier molecular flexibility index (Phi) is 6.85. The number of aryl methyl sites for hydroxylation is 1. The summed E-state index contributed by atoms with van der Waals surface area (Å²) in [5.74, 6) is 2.00. The fraction of sp³-hybridized carbons (Fsp3) is 0.121. The maximum absolute atomic E-state index is 13.5. The molecule has 0 aliphatic heterocycles. The van der Waals surface area contributed by atoms with Gasteiger partial charge in [0.05, 0.1) is 23.7 Å². The van der Waals surface area contributed by atoms with E-state index in [-0.39, 0.29) is 5.56 Å². The topological polar surface area (TPSA) is 78.9 Å². The maximum Gasteiger partial charge on any atom is 0.282 e. The molecule has 0 amide bonds. The van der Waals surface area contributed by atoms with Crippen LogP contribution in [0.3, 0.4) is 0 Å². The third kappa shape index (κ3) is 5.09. The molecular weight excluding hydrogens is 502 g/mol. The molecule has 0 aliphatic carbocycles. The first kappa shape index (κ1) is 25.1. The second-order valence-electron chi connectivity index (χ2n) is 9.38. The van der Waals surface area contributed by atoms with E-state index in [0.29, 0.717) is 52.8 Å². The Labute approximate surface area is 230 Å². The average molecular weight is 530 g/mol. The highest BCUT2D eigenvalue weighted by molar-refractivity contribution is 5.85. The van der Waals surface area contributed by atoms with Crippen LogP contribution in [-0.4, -0.2) is 22.5 Å². The first-order valence-electron chi connectivity index (χ1n) is 13.1. The van der Waals surface area contributed by atoms with Gasteiger partial charge in [0.1, 0.15) is 12.2 Å². The van der Waals surface area contributed by atoms with Crippen LogP contribution in [0.1, 0.15) is 23.6 Å². The number of hydrogen-bond acceptors (Lipinski definition) is 6. The van der Waals surface area contributed by atoms with Crippen molar-refractivity contribution in [1.29, 1.82) is 0 Å². The van der Waals surface area contributed by atoms with Crippen molar-refractivity contribution in [3.05, 3.63) is 124 Å². The number of nitrogens with zero attached hydrogens (tertiary/aromatic N) is 3. The number of fused-ring (bicyclic) bond motifs is 2. The van der Waals surface area contributed by atoms with E-state index in [9.17, 15) is 4.79 Å². The van der Waals surface area contributed by atoms with E-state index in [1.54, 1.807) is 18.3 Å². The van der Waals surface area contributed by atoms with E-state index in [0.717, 1.165) is 16.5 Å². The van der Waals surface area contributed by atoms with Crippen LogP contribution in [0.2, 0.25) is 0 Å². The molecule has 0 unspecified atom stereocenters. The summed E-state index contributed by atoms with van der Waals surface area (Å²) in [5.41, 5.74) is 4.00. The lowest BCUT2D eigenvalue weighted by molar-refractivity contribution is 0.269. The number of hydrogen-bond donors (Lipinski definition) is 0. The van der Waals surface area contributed by atoms with Gasteiger partial charge in [-0.05, 0) is 67.4 Å². The van der Waals surface area contributed by atoms with Gasteiger partial charge in [0.25, 0.3) is 5.56 Å². The lowest BCUT2D eigenvalue weighted by Crippen LogP contribution is -2.20. The highest BCUT2D eigenvalue weighted by Crippen LogP contribution is 2.30. The molecule has 2 heterocycles. The van der Waals surface area contributed by atoms with Gasteiger partial charge in [0.15, 0.2) is 17.3 Å². The molecule has 6 aromatic rings. The van der Waals surface area contributed by atoms with Crippen molar-refractivity contribution in [2.45, 2.75) is 20.5 Å². The molecule has 0 saturated carbocycles.